The van der Waals surface area contributed by atoms with Crippen LogP contribution in [0.5, 0.6) is 0 Å². The van der Waals surface area contributed by atoms with Crippen LogP contribution in [0.3, 0.4) is 0 Å². The lowest BCUT2D eigenvalue weighted by molar-refractivity contribution is -0.0224. The second kappa shape index (κ2) is 7.00. The van der Waals surface area contributed by atoms with Gasteiger partial charge in [-0.1, -0.05) is 18.2 Å². The highest BCUT2D eigenvalue weighted by Crippen LogP contribution is 2.35. The van der Waals surface area contributed by atoms with Gasteiger partial charge in [0, 0.05) is 11.1 Å². The molecule has 1 fully saturated rings. The Morgan fingerprint density at radius 3 is 2.67 bits per heavy atom. The molecule has 3 aromatic rings. The summed E-state index contributed by atoms with van der Waals surface area (Å²) in [6.07, 6.45) is -1.62. The summed E-state index contributed by atoms with van der Waals surface area (Å²) in [5, 5.41) is 36.2. The highest BCUT2D eigenvalue weighted by molar-refractivity contribution is 6.03. The largest absolute Gasteiger partial charge is 0.394 e. The number of nitrogens with zero attached hydrogens (tertiary/aromatic N) is 4. The molecule has 140 valence electrons. The molecule has 0 saturated carbocycles. The van der Waals surface area contributed by atoms with E-state index >= 15 is 0 Å². The first kappa shape index (κ1) is 17.5. The van der Waals surface area contributed by atoms with Gasteiger partial charge in [0.1, 0.15) is 30.7 Å². The second-order valence-electron chi connectivity index (χ2n) is 6.11. The lowest BCUT2D eigenvalue weighted by Crippen LogP contribution is -2.32. The molecule has 0 spiro atoms. The summed E-state index contributed by atoms with van der Waals surface area (Å²) < 4.78 is 6.84. The number of aliphatic hydroxyl groups excluding tert-OH is 3. The predicted molar refractivity (Wildman–Crippen MR) is 91.9 cm³/mol. The molecule has 0 radical (unpaired) electrons. The molecule has 1 aliphatic heterocycles. The van der Waals surface area contributed by atoms with E-state index in [9.17, 15) is 20.1 Å². The summed E-state index contributed by atoms with van der Waals surface area (Å²) in [6.45, 7) is -0.429. The standard InChI is InChI=1S/C17H17N5O5/c23-7-11-12(24)13(25)14(27-11)10-6-20-22-15(10)18-8-19-17(22)21-16(26)9-4-2-1-3-5-9/h1-6,8,11-14,23-25H,7H2,(H,18,19,21,26)/t11-,12?,13+,14+/m1/s1. The highest BCUT2D eigenvalue weighted by Gasteiger charge is 2.44. The maximum Gasteiger partial charge on any atom is 0.258 e. The van der Waals surface area contributed by atoms with Crippen LogP contribution in [0.25, 0.3) is 5.65 Å². The number of hydrogen-bond donors (Lipinski definition) is 4. The van der Waals surface area contributed by atoms with Gasteiger partial charge in [0.25, 0.3) is 5.91 Å². The van der Waals surface area contributed by atoms with Crippen molar-refractivity contribution < 1.29 is 24.9 Å². The Labute approximate surface area is 153 Å². The van der Waals surface area contributed by atoms with Gasteiger partial charge in [-0.15, -0.1) is 0 Å². The van der Waals surface area contributed by atoms with Gasteiger partial charge in [-0.05, 0) is 12.1 Å². The Balaban J connectivity index is 1.65. The topological polar surface area (TPSA) is 142 Å². The first-order chi connectivity index (χ1) is 13.1. The van der Waals surface area contributed by atoms with Gasteiger partial charge in [0.15, 0.2) is 5.65 Å². The van der Waals surface area contributed by atoms with Crippen LogP contribution in [-0.2, 0) is 4.74 Å². The number of hydrogen-bond acceptors (Lipinski definition) is 8. The van der Waals surface area contributed by atoms with Crippen LogP contribution in [0.4, 0.5) is 5.95 Å². The third kappa shape index (κ3) is 3.04. The van der Waals surface area contributed by atoms with Gasteiger partial charge in [0.2, 0.25) is 5.95 Å². The van der Waals surface area contributed by atoms with Gasteiger partial charge in [0.05, 0.1) is 12.8 Å². The smallest absolute Gasteiger partial charge is 0.258 e. The molecule has 4 N–H and O–H groups in total. The third-order valence-electron chi connectivity index (χ3n) is 4.44. The van der Waals surface area contributed by atoms with Crippen LogP contribution in [-0.4, -0.2) is 65.7 Å². The first-order valence-electron chi connectivity index (χ1n) is 8.27. The number of anilines is 1. The summed E-state index contributed by atoms with van der Waals surface area (Å²) in [5.74, 6) is -0.215. The zero-order valence-corrected chi connectivity index (χ0v) is 14.0. The molecule has 10 heteroatoms. The molecular formula is C17H17N5O5. The highest BCUT2D eigenvalue weighted by atomic mass is 16.6. The van der Waals surface area contributed by atoms with Crippen molar-refractivity contribution in [2.45, 2.75) is 24.4 Å². The number of aliphatic hydroxyl groups is 3. The van der Waals surface area contributed by atoms with E-state index in [1.165, 1.54) is 17.0 Å². The maximum absolute atomic E-state index is 12.4. The molecule has 1 amide bonds. The SMILES string of the molecule is O=C(Nc1ncnc2c([C@@H]3O[C@H](CO)C(O)[C@@H]3O)cnn12)c1ccccc1. The summed E-state index contributed by atoms with van der Waals surface area (Å²) in [4.78, 5) is 20.5. The van der Waals surface area contributed by atoms with Crippen LogP contribution >= 0.6 is 0 Å². The maximum atomic E-state index is 12.4. The van der Waals surface area contributed by atoms with Gasteiger partial charge in [-0.25, -0.2) is 9.97 Å². The lowest BCUT2D eigenvalue weighted by atomic mass is 10.0. The summed E-state index contributed by atoms with van der Waals surface area (Å²) >= 11 is 0. The molecule has 0 aliphatic carbocycles. The number of benzene rings is 1. The molecule has 1 aromatic carbocycles. The van der Waals surface area contributed by atoms with E-state index < -0.39 is 31.0 Å². The Hall–Kier alpha value is -2.92. The van der Waals surface area contributed by atoms with E-state index in [2.05, 4.69) is 20.4 Å². The molecule has 1 unspecified atom stereocenters. The Morgan fingerprint density at radius 1 is 1.19 bits per heavy atom. The molecule has 3 heterocycles. The van der Waals surface area contributed by atoms with Crippen molar-refractivity contribution in [2.75, 3.05) is 11.9 Å². The molecule has 1 saturated heterocycles. The zero-order valence-electron chi connectivity index (χ0n) is 14.0. The van der Waals surface area contributed by atoms with E-state index in [0.29, 0.717) is 16.8 Å². The molecule has 4 atom stereocenters. The van der Waals surface area contributed by atoms with Crippen molar-refractivity contribution in [3.63, 3.8) is 0 Å². The molecule has 27 heavy (non-hydrogen) atoms. The van der Waals surface area contributed by atoms with Crippen LogP contribution < -0.4 is 5.32 Å². The fourth-order valence-electron chi connectivity index (χ4n) is 3.04. The van der Waals surface area contributed by atoms with Crippen LogP contribution in [0.15, 0.2) is 42.9 Å². The van der Waals surface area contributed by atoms with Crippen molar-refractivity contribution in [1.29, 1.82) is 0 Å². The number of fused-ring (bicyclic) bond motifs is 1. The van der Waals surface area contributed by atoms with E-state index in [-0.39, 0.29) is 11.9 Å². The number of carbonyl (C=O) groups is 1. The zero-order chi connectivity index (χ0) is 19.0. The fraction of sp³-hybridized carbons (Fsp3) is 0.294. The van der Waals surface area contributed by atoms with Crippen LogP contribution in [0, 0.1) is 0 Å². The summed E-state index contributed by atoms with van der Waals surface area (Å²) in [7, 11) is 0. The normalized spacial score (nSPS) is 25.0. The van der Waals surface area contributed by atoms with Gasteiger partial charge < -0.3 is 20.1 Å². The summed E-state index contributed by atoms with van der Waals surface area (Å²) in [5.41, 5.74) is 1.18. The molecule has 1 aliphatic rings. The first-order valence-corrected chi connectivity index (χ1v) is 8.27. The van der Waals surface area contributed by atoms with E-state index in [1.807, 2.05) is 0 Å². The van der Waals surface area contributed by atoms with Gasteiger partial charge in [-0.3, -0.25) is 10.1 Å². The minimum Gasteiger partial charge on any atom is -0.394 e. The van der Waals surface area contributed by atoms with Crippen molar-refractivity contribution in [3.05, 3.63) is 54.0 Å². The number of nitrogens with one attached hydrogen (secondary N) is 1. The monoisotopic (exact) mass is 371 g/mol. The molecule has 2 aromatic heterocycles. The summed E-state index contributed by atoms with van der Waals surface area (Å²) in [6, 6.07) is 8.64. The minimum atomic E-state index is -1.24. The number of amides is 1. The van der Waals surface area contributed by atoms with Crippen molar-refractivity contribution in [1.82, 2.24) is 19.6 Å². The number of ether oxygens (including phenoxy) is 1. The number of rotatable bonds is 4. The van der Waals surface area contributed by atoms with Gasteiger partial charge in [-0.2, -0.15) is 9.61 Å². The Kier molecular flexibility index (Phi) is 4.54. The molecule has 0 bridgehead atoms. The van der Waals surface area contributed by atoms with Crippen molar-refractivity contribution in [2.24, 2.45) is 0 Å². The number of aromatic nitrogens is 4. The van der Waals surface area contributed by atoms with Crippen molar-refractivity contribution >= 4 is 17.5 Å². The van der Waals surface area contributed by atoms with E-state index in [0.717, 1.165) is 0 Å². The fourth-order valence-corrected chi connectivity index (χ4v) is 3.04. The molecule has 10 nitrogen and oxygen atoms in total. The third-order valence-corrected chi connectivity index (χ3v) is 4.44. The Morgan fingerprint density at radius 2 is 1.96 bits per heavy atom. The minimum absolute atomic E-state index is 0.145. The average molecular weight is 371 g/mol. The van der Waals surface area contributed by atoms with Crippen LogP contribution in [0.1, 0.15) is 22.0 Å². The molecular weight excluding hydrogens is 354 g/mol. The quantitative estimate of drug-likeness (QED) is 0.482. The average Bonchev–Trinajstić information content (AvgIpc) is 3.25. The van der Waals surface area contributed by atoms with Gasteiger partial charge >= 0.3 is 0 Å². The number of carbonyl (C=O) groups excluding carboxylic acids is 1. The predicted octanol–water partition coefficient (Wildman–Crippen LogP) is -0.469. The van der Waals surface area contributed by atoms with E-state index in [4.69, 9.17) is 4.74 Å². The van der Waals surface area contributed by atoms with Crippen molar-refractivity contribution in [3.8, 4) is 0 Å². The molecule has 4 rings (SSSR count). The lowest BCUT2D eigenvalue weighted by Gasteiger charge is -2.13. The second-order valence-corrected chi connectivity index (χ2v) is 6.11. The Bertz CT molecular complexity index is 963. The van der Waals surface area contributed by atoms with E-state index in [1.54, 1.807) is 30.3 Å². The van der Waals surface area contributed by atoms with Crippen LogP contribution in [0.2, 0.25) is 0 Å².